The summed E-state index contributed by atoms with van der Waals surface area (Å²) in [7, 11) is 0. The molecule has 6 heteroatoms. The van der Waals surface area contributed by atoms with Crippen LogP contribution in [0.25, 0.3) is 0 Å². The van der Waals surface area contributed by atoms with Crippen molar-refractivity contribution in [2.75, 3.05) is 13.2 Å². The lowest BCUT2D eigenvalue weighted by atomic mass is 10.0. The van der Waals surface area contributed by atoms with Crippen molar-refractivity contribution in [1.82, 2.24) is 0 Å². The molecule has 0 aliphatic heterocycles. The summed E-state index contributed by atoms with van der Waals surface area (Å²) >= 11 is 0. The Labute approximate surface area is 406 Å². The summed E-state index contributed by atoms with van der Waals surface area (Å²) in [5, 5.41) is 0. The van der Waals surface area contributed by atoms with Crippen LogP contribution in [0.1, 0.15) is 233 Å². The maximum absolute atomic E-state index is 12.8. The van der Waals surface area contributed by atoms with Gasteiger partial charge in [-0.3, -0.25) is 14.4 Å². The molecule has 0 rings (SSSR count). The molecule has 0 aliphatic rings. The Bertz CT molecular complexity index is 1370. The number of allylic oxidation sites excluding steroid dienone is 18. The Hall–Kier alpha value is -3.93. The minimum atomic E-state index is -0.808. The largest absolute Gasteiger partial charge is 0.462 e. The topological polar surface area (TPSA) is 78.9 Å². The molecule has 0 radical (unpaired) electrons. The van der Waals surface area contributed by atoms with Crippen molar-refractivity contribution in [1.29, 1.82) is 0 Å². The van der Waals surface area contributed by atoms with Crippen LogP contribution in [0.3, 0.4) is 0 Å². The number of hydrogen-bond acceptors (Lipinski definition) is 6. The first-order valence-corrected chi connectivity index (χ1v) is 26.9. The summed E-state index contributed by atoms with van der Waals surface area (Å²) in [6.45, 7) is 6.39. The number of esters is 3. The maximum atomic E-state index is 12.8. The van der Waals surface area contributed by atoms with E-state index in [0.717, 1.165) is 122 Å². The van der Waals surface area contributed by atoms with Crippen LogP contribution in [0.5, 0.6) is 0 Å². The molecule has 0 saturated heterocycles. The monoisotopic (exact) mass is 915 g/mol. The van der Waals surface area contributed by atoms with Gasteiger partial charge < -0.3 is 14.2 Å². The van der Waals surface area contributed by atoms with Gasteiger partial charge in [-0.25, -0.2) is 0 Å². The Morgan fingerprint density at radius 1 is 0.318 bits per heavy atom. The molecular weight excluding hydrogens is 817 g/mol. The molecule has 0 aromatic rings. The number of carbonyl (C=O) groups is 3. The second-order valence-electron chi connectivity index (χ2n) is 17.4. The van der Waals surface area contributed by atoms with Crippen molar-refractivity contribution in [3.63, 3.8) is 0 Å². The van der Waals surface area contributed by atoms with Gasteiger partial charge in [0, 0.05) is 19.3 Å². The van der Waals surface area contributed by atoms with Crippen LogP contribution >= 0.6 is 0 Å². The summed E-state index contributed by atoms with van der Waals surface area (Å²) < 4.78 is 16.7. The average molecular weight is 915 g/mol. The quantitative estimate of drug-likeness (QED) is 0.0262. The third-order valence-corrected chi connectivity index (χ3v) is 11.0. The highest BCUT2D eigenvalue weighted by molar-refractivity contribution is 5.71. The van der Waals surface area contributed by atoms with Gasteiger partial charge in [0.1, 0.15) is 13.2 Å². The summed E-state index contributed by atoms with van der Waals surface area (Å²) in [6.07, 6.45) is 72.2. The van der Waals surface area contributed by atoms with E-state index in [1.807, 2.05) is 0 Å². The molecule has 0 fully saturated rings. The molecule has 0 aromatic carbocycles. The van der Waals surface area contributed by atoms with E-state index >= 15 is 0 Å². The molecule has 0 bridgehead atoms. The van der Waals surface area contributed by atoms with Crippen molar-refractivity contribution in [2.45, 2.75) is 239 Å². The average Bonchev–Trinajstić information content (AvgIpc) is 3.31. The number of carbonyl (C=O) groups excluding carboxylic acids is 3. The van der Waals surface area contributed by atoms with Crippen LogP contribution in [-0.4, -0.2) is 37.2 Å². The zero-order chi connectivity index (χ0) is 47.9. The van der Waals surface area contributed by atoms with E-state index in [1.54, 1.807) is 0 Å². The van der Waals surface area contributed by atoms with Crippen molar-refractivity contribution in [3.05, 3.63) is 109 Å². The van der Waals surface area contributed by atoms with Gasteiger partial charge in [-0.2, -0.15) is 0 Å². The van der Waals surface area contributed by atoms with Gasteiger partial charge in [-0.05, 0) is 96.3 Å². The van der Waals surface area contributed by atoms with E-state index in [1.165, 1.54) is 64.2 Å². The Kier molecular flexibility index (Phi) is 50.5. The molecule has 6 nitrogen and oxygen atoms in total. The third kappa shape index (κ3) is 51.1. The summed E-state index contributed by atoms with van der Waals surface area (Å²) in [5.74, 6) is -0.982. The van der Waals surface area contributed by atoms with Gasteiger partial charge in [-0.1, -0.05) is 226 Å². The lowest BCUT2D eigenvalue weighted by Crippen LogP contribution is -2.30. The number of hydrogen-bond donors (Lipinski definition) is 0. The number of unbranched alkanes of at least 4 members (excludes halogenated alkanes) is 18. The zero-order valence-electron chi connectivity index (χ0n) is 42.7. The third-order valence-electron chi connectivity index (χ3n) is 11.0. The zero-order valence-corrected chi connectivity index (χ0v) is 42.7. The minimum absolute atomic E-state index is 0.102. The van der Waals surface area contributed by atoms with E-state index in [2.05, 4.69) is 130 Å². The Morgan fingerprint density at radius 3 is 1.05 bits per heavy atom. The minimum Gasteiger partial charge on any atom is -0.462 e. The van der Waals surface area contributed by atoms with Gasteiger partial charge in [0.2, 0.25) is 0 Å². The number of ether oxygens (including phenoxy) is 3. The predicted molar refractivity (Wildman–Crippen MR) is 283 cm³/mol. The molecule has 1 atom stereocenters. The van der Waals surface area contributed by atoms with Crippen LogP contribution in [0.4, 0.5) is 0 Å². The second kappa shape index (κ2) is 53.7. The molecule has 0 aliphatic carbocycles. The molecule has 0 saturated carbocycles. The first-order valence-electron chi connectivity index (χ1n) is 26.9. The van der Waals surface area contributed by atoms with Crippen molar-refractivity contribution < 1.29 is 28.6 Å². The molecule has 0 heterocycles. The standard InChI is InChI=1S/C60H98O6/c1-4-7-10-13-16-19-22-25-26-27-28-29-30-31-32-33-34-36-38-41-44-47-50-53-59(62)65-56-57(55-64-58(61)52-49-46-43-40-37-24-21-18-15-12-9-6-3)66-60(63)54-51-48-45-42-39-35-23-20-17-14-11-8-5-2/h7,10-11,14,16,19-20,23,25-26,28-29,31-32,34,36,41,44,57H,4-6,8-9,12-13,15,17-18,21-22,24,27,30,33,35,37-40,42-43,45-56H2,1-3H3/b10-7-,14-11-,19-16-,23-20-,26-25-,29-28-,32-31-,36-34-,44-41-. The van der Waals surface area contributed by atoms with Crippen molar-refractivity contribution >= 4 is 17.9 Å². The Balaban J connectivity index is 4.46. The normalized spacial score (nSPS) is 13.0. The molecule has 0 aromatic heterocycles. The lowest BCUT2D eigenvalue weighted by Gasteiger charge is -2.18. The highest BCUT2D eigenvalue weighted by atomic mass is 16.6. The second-order valence-corrected chi connectivity index (χ2v) is 17.4. The van der Waals surface area contributed by atoms with Crippen LogP contribution < -0.4 is 0 Å². The van der Waals surface area contributed by atoms with E-state index in [0.29, 0.717) is 19.3 Å². The SMILES string of the molecule is CC/C=C\C/C=C\C/C=C\C/C=C\C/C=C\C/C=C\C/C=C\CCCC(=O)OCC(COC(=O)CCCCCCCCCCCCCC)OC(=O)CCCCCCC/C=C\C/C=C\CCC. The van der Waals surface area contributed by atoms with Crippen molar-refractivity contribution in [2.24, 2.45) is 0 Å². The fraction of sp³-hybridized carbons (Fsp3) is 0.650. The van der Waals surface area contributed by atoms with E-state index < -0.39 is 6.10 Å². The smallest absolute Gasteiger partial charge is 0.306 e. The maximum Gasteiger partial charge on any atom is 0.306 e. The Morgan fingerprint density at radius 2 is 0.636 bits per heavy atom. The fourth-order valence-corrected chi connectivity index (χ4v) is 7.00. The van der Waals surface area contributed by atoms with Crippen LogP contribution in [0.2, 0.25) is 0 Å². The fourth-order valence-electron chi connectivity index (χ4n) is 7.00. The summed E-state index contributed by atoms with van der Waals surface area (Å²) in [6, 6.07) is 0. The molecule has 66 heavy (non-hydrogen) atoms. The highest BCUT2D eigenvalue weighted by Gasteiger charge is 2.19. The van der Waals surface area contributed by atoms with Crippen molar-refractivity contribution in [3.8, 4) is 0 Å². The lowest BCUT2D eigenvalue weighted by molar-refractivity contribution is -0.167. The summed E-state index contributed by atoms with van der Waals surface area (Å²) in [4.78, 5) is 38.0. The van der Waals surface area contributed by atoms with E-state index in [9.17, 15) is 14.4 Å². The van der Waals surface area contributed by atoms with Gasteiger partial charge >= 0.3 is 17.9 Å². The van der Waals surface area contributed by atoms with Crippen LogP contribution in [-0.2, 0) is 28.6 Å². The highest BCUT2D eigenvalue weighted by Crippen LogP contribution is 2.14. The molecule has 0 amide bonds. The molecule has 374 valence electrons. The van der Waals surface area contributed by atoms with Gasteiger partial charge in [0.15, 0.2) is 6.10 Å². The molecule has 0 spiro atoms. The first kappa shape index (κ1) is 62.1. The predicted octanol–water partition coefficient (Wildman–Crippen LogP) is 17.9. The molecule has 0 N–H and O–H groups in total. The first-order chi connectivity index (χ1) is 32.5. The van der Waals surface area contributed by atoms with Crippen LogP contribution in [0.15, 0.2) is 109 Å². The van der Waals surface area contributed by atoms with E-state index in [4.69, 9.17) is 14.2 Å². The summed E-state index contributed by atoms with van der Waals surface area (Å²) in [5.41, 5.74) is 0. The van der Waals surface area contributed by atoms with Gasteiger partial charge in [-0.15, -0.1) is 0 Å². The molecule has 1 unspecified atom stereocenters. The number of rotatable bonds is 47. The van der Waals surface area contributed by atoms with Gasteiger partial charge in [0.25, 0.3) is 0 Å². The van der Waals surface area contributed by atoms with E-state index in [-0.39, 0.29) is 37.5 Å². The molecular formula is C60H98O6. The van der Waals surface area contributed by atoms with Gasteiger partial charge in [0.05, 0.1) is 0 Å². The van der Waals surface area contributed by atoms with Crippen LogP contribution in [0, 0.1) is 0 Å².